The Morgan fingerprint density at radius 1 is 1.21 bits per heavy atom. The number of hydrogen-bond acceptors (Lipinski definition) is 5. The molecule has 0 aromatic heterocycles. The third-order valence-corrected chi connectivity index (χ3v) is 5.50. The van der Waals surface area contributed by atoms with Gasteiger partial charge in [0.15, 0.2) is 0 Å². The Bertz CT molecular complexity index is 702. The van der Waals surface area contributed by atoms with Crippen LogP contribution in [0.25, 0.3) is 0 Å². The van der Waals surface area contributed by atoms with E-state index in [-0.39, 0.29) is 16.7 Å². The Labute approximate surface area is 145 Å². The standard InChI is InChI=1S/C18H20N2O3S/c21-18(9-10-24-13-18)12-19-17(14-5-2-1-3-6-14)15-7-4-8-16(11-15)20(22)23/h1-8,11,17,19,21H,9-10,12-13H2. The first kappa shape index (κ1) is 17.0. The smallest absolute Gasteiger partial charge is 0.269 e. The van der Waals surface area contributed by atoms with Crippen LogP contribution in [0, 0.1) is 10.1 Å². The van der Waals surface area contributed by atoms with E-state index in [1.54, 1.807) is 23.9 Å². The van der Waals surface area contributed by atoms with Crippen LogP contribution in [0.2, 0.25) is 0 Å². The van der Waals surface area contributed by atoms with Crippen molar-refractivity contribution >= 4 is 17.4 Å². The summed E-state index contributed by atoms with van der Waals surface area (Å²) in [6.07, 6.45) is 0.765. The zero-order valence-electron chi connectivity index (χ0n) is 13.2. The van der Waals surface area contributed by atoms with Gasteiger partial charge in [0.2, 0.25) is 0 Å². The molecule has 1 fully saturated rings. The first-order chi connectivity index (χ1) is 11.6. The molecule has 1 aliphatic rings. The second kappa shape index (κ2) is 7.34. The number of nitro benzene ring substituents is 1. The summed E-state index contributed by atoms with van der Waals surface area (Å²) in [4.78, 5) is 10.7. The molecule has 1 saturated heterocycles. The Morgan fingerprint density at radius 2 is 1.96 bits per heavy atom. The van der Waals surface area contributed by atoms with E-state index in [1.165, 1.54) is 6.07 Å². The highest BCUT2D eigenvalue weighted by atomic mass is 32.2. The lowest BCUT2D eigenvalue weighted by molar-refractivity contribution is -0.384. The minimum atomic E-state index is -0.710. The lowest BCUT2D eigenvalue weighted by atomic mass is 9.96. The number of rotatable bonds is 6. The van der Waals surface area contributed by atoms with E-state index in [1.807, 2.05) is 36.4 Å². The van der Waals surface area contributed by atoms with Crippen molar-refractivity contribution in [2.45, 2.75) is 18.1 Å². The molecule has 0 aliphatic carbocycles. The van der Waals surface area contributed by atoms with Crippen LogP contribution in [0.4, 0.5) is 5.69 Å². The molecule has 3 rings (SSSR count). The summed E-state index contributed by atoms with van der Waals surface area (Å²) in [5.74, 6) is 1.68. The molecule has 0 radical (unpaired) electrons. The first-order valence-corrected chi connectivity index (χ1v) is 9.06. The van der Waals surface area contributed by atoms with Crippen LogP contribution < -0.4 is 5.32 Å². The molecule has 1 aliphatic heterocycles. The molecule has 6 heteroatoms. The number of benzene rings is 2. The molecule has 2 unspecified atom stereocenters. The summed E-state index contributed by atoms with van der Waals surface area (Å²) in [6, 6.07) is 16.3. The molecule has 126 valence electrons. The quantitative estimate of drug-likeness (QED) is 0.622. The summed E-state index contributed by atoms with van der Waals surface area (Å²) in [6.45, 7) is 0.461. The van der Waals surface area contributed by atoms with Crippen molar-refractivity contribution in [1.29, 1.82) is 0 Å². The van der Waals surface area contributed by atoms with Gasteiger partial charge in [0.05, 0.1) is 16.6 Å². The number of thioether (sulfide) groups is 1. The largest absolute Gasteiger partial charge is 0.388 e. The van der Waals surface area contributed by atoms with Gasteiger partial charge in [-0.3, -0.25) is 10.1 Å². The normalized spacial score (nSPS) is 21.5. The van der Waals surface area contributed by atoms with Crippen LogP contribution in [0.5, 0.6) is 0 Å². The topological polar surface area (TPSA) is 75.4 Å². The van der Waals surface area contributed by atoms with Gasteiger partial charge in [0, 0.05) is 24.4 Å². The van der Waals surface area contributed by atoms with Crippen LogP contribution in [0.3, 0.4) is 0 Å². The summed E-state index contributed by atoms with van der Waals surface area (Å²) < 4.78 is 0. The van der Waals surface area contributed by atoms with E-state index in [0.717, 1.165) is 29.1 Å². The van der Waals surface area contributed by atoms with Crippen molar-refractivity contribution in [3.05, 3.63) is 75.8 Å². The van der Waals surface area contributed by atoms with Gasteiger partial charge in [-0.05, 0) is 23.3 Å². The molecular weight excluding hydrogens is 324 g/mol. The van der Waals surface area contributed by atoms with Gasteiger partial charge in [-0.2, -0.15) is 11.8 Å². The number of nitrogens with zero attached hydrogens (tertiary/aromatic N) is 1. The average Bonchev–Trinajstić information content (AvgIpc) is 3.03. The second-order valence-electron chi connectivity index (χ2n) is 6.10. The highest BCUT2D eigenvalue weighted by molar-refractivity contribution is 7.99. The van der Waals surface area contributed by atoms with Crippen LogP contribution >= 0.6 is 11.8 Å². The van der Waals surface area contributed by atoms with Crippen LogP contribution in [-0.2, 0) is 0 Å². The molecule has 5 nitrogen and oxygen atoms in total. The molecule has 2 atom stereocenters. The van der Waals surface area contributed by atoms with Gasteiger partial charge in [-0.1, -0.05) is 42.5 Å². The molecule has 0 saturated carbocycles. The zero-order valence-corrected chi connectivity index (χ0v) is 14.0. The molecule has 2 aromatic rings. The van der Waals surface area contributed by atoms with Crippen molar-refractivity contribution in [2.75, 3.05) is 18.1 Å². The highest BCUT2D eigenvalue weighted by Crippen LogP contribution is 2.30. The number of aliphatic hydroxyl groups is 1. The van der Waals surface area contributed by atoms with Gasteiger partial charge in [-0.25, -0.2) is 0 Å². The Morgan fingerprint density at radius 3 is 2.62 bits per heavy atom. The third kappa shape index (κ3) is 3.95. The molecule has 2 N–H and O–H groups in total. The maximum Gasteiger partial charge on any atom is 0.269 e. The number of nitro groups is 1. The van der Waals surface area contributed by atoms with Crippen LogP contribution in [-0.4, -0.2) is 33.7 Å². The third-order valence-electron chi connectivity index (χ3n) is 4.27. The van der Waals surface area contributed by atoms with Crippen molar-refractivity contribution < 1.29 is 10.0 Å². The highest BCUT2D eigenvalue weighted by Gasteiger charge is 2.32. The minimum absolute atomic E-state index is 0.0744. The van der Waals surface area contributed by atoms with E-state index in [2.05, 4.69) is 5.32 Å². The SMILES string of the molecule is O=[N+]([O-])c1cccc(C(NCC2(O)CCSC2)c2ccccc2)c1. The minimum Gasteiger partial charge on any atom is -0.388 e. The summed E-state index contributed by atoms with van der Waals surface area (Å²) in [7, 11) is 0. The zero-order chi connectivity index (χ0) is 17.0. The van der Waals surface area contributed by atoms with Gasteiger partial charge < -0.3 is 10.4 Å². The average molecular weight is 344 g/mol. The van der Waals surface area contributed by atoms with Crippen LogP contribution in [0.15, 0.2) is 54.6 Å². The van der Waals surface area contributed by atoms with E-state index in [4.69, 9.17) is 0 Å². The fourth-order valence-electron chi connectivity index (χ4n) is 2.92. The van der Waals surface area contributed by atoms with Gasteiger partial charge in [0.25, 0.3) is 5.69 Å². The van der Waals surface area contributed by atoms with E-state index < -0.39 is 5.60 Å². The molecule has 1 heterocycles. The van der Waals surface area contributed by atoms with E-state index in [9.17, 15) is 15.2 Å². The molecule has 2 aromatic carbocycles. The Kier molecular flexibility index (Phi) is 5.18. The number of nitrogens with one attached hydrogen (secondary N) is 1. The first-order valence-electron chi connectivity index (χ1n) is 7.90. The van der Waals surface area contributed by atoms with Crippen molar-refractivity contribution in [3.63, 3.8) is 0 Å². The predicted molar refractivity (Wildman–Crippen MR) is 96.3 cm³/mol. The Hall–Kier alpha value is -1.89. The molecule has 24 heavy (non-hydrogen) atoms. The van der Waals surface area contributed by atoms with Crippen LogP contribution in [0.1, 0.15) is 23.6 Å². The van der Waals surface area contributed by atoms with Gasteiger partial charge in [0.1, 0.15) is 0 Å². The second-order valence-corrected chi connectivity index (χ2v) is 7.21. The van der Waals surface area contributed by atoms with E-state index >= 15 is 0 Å². The molecule has 0 spiro atoms. The summed E-state index contributed by atoms with van der Waals surface area (Å²) in [5.41, 5.74) is 1.21. The maximum absolute atomic E-state index is 11.1. The molecular formula is C18H20N2O3S. The van der Waals surface area contributed by atoms with Gasteiger partial charge >= 0.3 is 0 Å². The fourth-order valence-corrected chi connectivity index (χ4v) is 4.21. The number of hydrogen-bond donors (Lipinski definition) is 2. The predicted octanol–water partition coefficient (Wildman–Crippen LogP) is 3.14. The Balaban J connectivity index is 1.87. The number of non-ortho nitro benzene ring substituents is 1. The van der Waals surface area contributed by atoms with E-state index in [0.29, 0.717) is 6.54 Å². The van der Waals surface area contributed by atoms with Crippen molar-refractivity contribution in [3.8, 4) is 0 Å². The lowest BCUT2D eigenvalue weighted by Crippen LogP contribution is -2.42. The summed E-state index contributed by atoms with van der Waals surface area (Å²) in [5, 5.41) is 25.1. The maximum atomic E-state index is 11.1. The lowest BCUT2D eigenvalue weighted by Gasteiger charge is -2.27. The fraction of sp³-hybridized carbons (Fsp3) is 0.333. The molecule has 0 amide bonds. The van der Waals surface area contributed by atoms with Gasteiger partial charge in [-0.15, -0.1) is 0 Å². The van der Waals surface area contributed by atoms with Crippen molar-refractivity contribution in [2.24, 2.45) is 0 Å². The monoisotopic (exact) mass is 344 g/mol. The molecule has 0 bridgehead atoms. The summed E-state index contributed by atoms with van der Waals surface area (Å²) >= 11 is 1.75. The van der Waals surface area contributed by atoms with Crippen molar-refractivity contribution in [1.82, 2.24) is 5.32 Å².